The summed E-state index contributed by atoms with van der Waals surface area (Å²) in [5, 5.41) is 0. The predicted molar refractivity (Wildman–Crippen MR) is 69.6 cm³/mol. The smallest absolute Gasteiger partial charge is 0.227 e. The molecule has 1 aliphatic rings. The van der Waals surface area contributed by atoms with Crippen molar-refractivity contribution >= 4 is 27.5 Å². The molecule has 2 nitrogen and oxygen atoms in total. The van der Waals surface area contributed by atoms with Gasteiger partial charge in [-0.1, -0.05) is 35.8 Å². The Morgan fingerprint density at radius 2 is 2.06 bits per heavy atom. The average Bonchev–Trinajstić information content (AvgIpc) is 2.44. The number of carbonyl (C=O) groups excluding carboxylic acids is 1. The zero-order valence-electron chi connectivity index (χ0n) is 9.88. The fraction of sp³-hybridized carbons (Fsp3) is 0.462. The maximum atomic E-state index is 12.0. The number of nitrogens with zero attached hydrogens (tertiary/aromatic N) is 1. The van der Waals surface area contributed by atoms with Gasteiger partial charge in [-0.05, 0) is 30.0 Å². The third-order valence-corrected chi connectivity index (χ3v) is 3.91. The van der Waals surface area contributed by atoms with Crippen molar-refractivity contribution in [3.63, 3.8) is 0 Å². The quantitative estimate of drug-likeness (QED) is 0.771. The van der Waals surface area contributed by atoms with Crippen LogP contribution in [0.15, 0.2) is 22.7 Å². The minimum atomic E-state index is 0.0891. The van der Waals surface area contributed by atoms with E-state index in [1.54, 1.807) is 0 Å². The van der Waals surface area contributed by atoms with E-state index in [0.717, 1.165) is 22.3 Å². The number of hydrogen-bond donors (Lipinski definition) is 0. The molecule has 0 saturated carbocycles. The molecule has 1 aliphatic heterocycles. The minimum Gasteiger partial charge on any atom is -0.312 e. The third kappa shape index (κ3) is 2.01. The van der Waals surface area contributed by atoms with Crippen molar-refractivity contribution in [1.82, 2.24) is 0 Å². The summed E-state index contributed by atoms with van der Waals surface area (Å²) in [4.78, 5) is 13.9. The molecule has 0 aromatic heterocycles. The van der Waals surface area contributed by atoms with Crippen LogP contribution in [0.3, 0.4) is 0 Å². The van der Waals surface area contributed by atoms with E-state index >= 15 is 0 Å². The molecule has 3 heteroatoms. The summed E-state index contributed by atoms with van der Waals surface area (Å²) in [7, 11) is 0. The summed E-state index contributed by atoms with van der Waals surface area (Å²) < 4.78 is 1.06. The number of carbonyl (C=O) groups is 1. The van der Waals surface area contributed by atoms with Gasteiger partial charge in [-0.3, -0.25) is 4.79 Å². The van der Waals surface area contributed by atoms with Crippen LogP contribution >= 0.6 is 15.9 Å². The van der Waals surface area contributed by atoms with Crippen molar-refractivity contribution < 1.29 is 4.79 Å². The van der Waals surface area contributed by atoms with E-state index in [9.17, 15) is 4.79 Å². The minimum absolute atomic E-state index is 0.0891. The van der Waals surface area contributed by atoms with E-state index in [0.29, 0.717) is 6.42 Å². The molecule has 1 aromatic carbocycles. The van der Waals surface area contributed by atoms with E-state index in [1.165, 1.54) is 0 Å². The van der Waals surface area contributed by atoms with Crippen molar-refractivity contribution in [3.8, 4) is 0 Å². The standard InChI is InChI=1S/C13H16BrNO/c1-9-10(14)5-4-6-11(9)15-8-13(2,3)7-12(15)16/h4-6H,7-8H2,1-3H3. The van der Waals surface area contributed by atoms with Crippen molar-refractivity contribution in [2.75, 3.05) is 11.4 Å². The normalized spacial score (nSPS) is 19.2. The van der Waals surface area contributed by atoms with Crippen LogP contribution in [0.4, 0.5) is 5.69 Å². The highest BCUT2D eigenvalue weighted by Crippen LogP contribution is 2.36. The topological polar surface area (TPSA) is 20.3 Å². The Hall–Kier alpha value is -0.830. The lowest BCUT2D eigenvalue weighted by atomic mass is 9.93. The Balaban J connectivity index is 2.39. The molecule has 1 saturated heterocycles. The second-order valence-electron chi connectivity index (χ2n) is 5.20. The van der Waals surface area contributed by atoms with Crippen LogP contribution < -0.4 is 4.90 Å². The molecule has 0 radical (unpaired) electrons. The number of hydrogen-bond acceptors (Lipinski definition) is 1. The van der Waals surface area contributed by atoms with Crippen LogP contribution in [-0.4, -0.2) is 12.5 Å². The lowest BCUT2D eigenvalue weighted by molar-refractivity contribution is -0.117. The molecule has 0 aliphatic carbocycles. The molecule has 16 heavy (non-hydrogen) atoms. The van der Waals surface area contributed by atoms with Gasteiger partial charge in [0, 0.05) is 23.1 Å². The van der Waals surface area contributed by atoms with Crippen LogP contribution in [0.25, 0.3) is 0 Å². The Kier molecular flexibility index (Phi) is 2.82. The van der Waals surface area contributed by atoms with Crippen LogP contribution in [-0.2, 0) is 4.79 Å². The van der Waals surface area contributed by atoms with Gasteiger partial charge in [-0.2, -0.15) is 0 Å². The van der Waals surface area contributed by atoms with Gasteiger partial charge in [0.15, 0.2) is 0 Å². The highest BCUT2D eigenvalue weighted by atomic mass is 79.9. The van der Waals surface area contributed by atoms with Gasteiger partial charge in [0.05, 0.1) is 0 Å². The third-order valence-electron chi connectivity index (χ3n) is 3.05. The number of benzene rings is 1. The first-order chi connectivity index (χ1) is 7.41. The van der Waals surface area contributed by atoms with E-state index < -0.39 is 0 Å². The van der Waals surface area contributed by atoms with E-state index in [1.807, 2.05) is 30.0 Å². The Bertz CT molecular complexity index is 440. The second-order valence-corrected chi connectivity index (χ2v) is 6.06. The Labute approximate surface area is 105 Å². The predicted octanol–water partition coefficient (Wildman–Crippen LogP) is 3.52. The number of anilines is 1. The Morgan fingerprint density at radius 3 is 2.62 bits per heavy atom. The summed E-state index contributed by atoms with van der Waals surface area (Å²) >= 11 is 3.50. The highest BCUT2D eigenvalue weighted by molar-refractivity contribution is 9.10. The van der Waals surface area contributed by atoms with Crippen molar-refractivity contribution in [3.05, 3.63) is 28.2 Å². The van der Waals surface area contributed by atoms with Gasteiger partial charge in [0.2, 0.25) is 5.91 Å². The monoisotopic (exact) mass is 281 g/mol. The van der Waals surface area contributed by atoms with Crippen LogP contribution in [0.5, 0.6) is 0 Å². The molecule has 0 spiro atoms. The van der Waals surface area contributed by atoms with Gasteiger partial charge >= 0.3 is 0 Å². The van der Waals surface area contributed by atoms with E-state index in [-0.39, 0.29) is 11.3 Å². The SMILES string of the molecule is Cc1c(Br)cccc1N1CC(C)(C)CC1=O. The molecule has 1 aromatic rings. The molecule has 0 bridgehead atoms. The maximum Gasteiger partial charge on any atom is 0.227 e. The summed E-state index contributed by atoms with van der Waals surface area (Å²) in [6, 6.07) is 5.99. The second kappa shape index (κ2) is 3.88. The van der Waals surface area contributed by atoms with Gasteiger partial charge < -0.3 is 4.90 Å². The van der Waals surface area contributed by atoms with Crippen LogP contribution in [0.2, 0.25) is 0 Å². The van der Waals surface area contributed by atoms with Crippen molar-refractivity contribution in [2.24, 2.45) is 5.41 Å². The molecule has 1 heterocycles. The zero-order valence-corrected chi connectivity index (χ0v) is 11.5. The van der Waals surface area contributed by atoms with Gasteiger partial charge in [-0.25, -0.2) is 0 Å². The molecular formula is C13H16BrNO. The number of rotatable bonds is 1. The fourth-order valence-electron chi connectivity index (χ4n) is 2.18. The zero-order chi connectivity index (χ0) is 11.9. The lowest BCUT2D eigenvalue weighted by Gasteiger charge is -2.21. The van der Waals surface area contributed by atoms with Gasteiger partial charge in [0.1, 0.15) is 0 Å². The summed E-state index contributed by atoms with van der Waals surface area (Å²) in [5.41, 5.74) is 2.25. The summed E-state index contributed by atoms with van der Waals surface area (Å²) in [6.07, 6.45) is 0.638. The molecule has 0 atom stereocenters. The number of amides is 1. The number of halogens is 1. The summed E-state index contributed by atoms with van der Waals surface area (Å²) in [6.45, 7) is 7.12. The van der Waals surface area contributed by atoms with Crippen molar-refractivity contribution in [1.29, 1.82) is 0 Å². The molecule has 2 rings (SSSR count). The molecular weight excluding hydrogens is 266 g/mol. The van der Waals surface area contributed by atoms with E-state index in [2.05, 4.69) is 29.8 Å². The van der Waals surface area contributed by atoms with Gasteiger partial charge in [-0.15, -0.1) is 0 Å². The molecule has 86 valence electrons. The lowest BCUT2D eigenvalue weighted by Crippen LogP contribution is -2.26. The average molecular weight is 282 g/mol. The molecule has 1 amide bonds. The van der Waals surface area contributed by atoms with Crippen molar-refractivity contribution in [2.45, 2.75) is 27.2 Å². The largest absolute Gasteiger partial charge is 0.312 e. The molecule has 1 fully saturated rings. The molecule has 0 unspecified atom stereocenters. The Morgan fingerprint density at radius 1 is 1.38 bits per heavy atom. The first-order valence-electron chi connectivity index (χ1n) is 5.46. The molecule has 0 N–H and O–H groups in total. The van der Waals surface area contributed by atoms with Crippen LogP contribution in [0.1, 0.15) is 25.8 Å². The first kappa shape index (κ1) is 11.6. The highest BCUT2D eigenvalue weighted by Gasteiger charge is 2.36. The first-order valence-corrected chi connectivity index (χ1v) is 6.25. The summed E-state index contributed by atoms with van der Waals surface area (Å²) in [5.74, 6) is 0.228. The van der Waals surface area contributed by atoms with E-state index in [4.69, 9.17) is 0 Å². The maximum absolute atomic E-state index is 12.0. The van der Waals surface area contributed by atoms with Crippen LogP contribution in [0, 0.1) is 12.3 Å². The van der Waals surface area contributed by atoms with Gasteiger partial charge in [0.25, 0.3) is 0 Å². The fourth-order valence-corrected chi connectivity index (χ4v) is 2.54.